The first-order chi connectivity index (χ1) is 12.5. The number of carbonyl (C=O) groups excluding carboxylic acids is 1. The van der Waals surface area contributed by atoms with Gasteiger partial charge in [0, 0.05) is 11.6 Å². The van der Waals surface area contributed by atoms with Crippen LogP contribution in [0.3, 0.4) is 0 Å². The monoisotopic (exact) mass is 371 g/mol. The Bertz CT molecular complexity index is 808. The van der Waals surface area contributed by atoms with Crippen LogP contribution in [0.5, 0.6) is 11.5 Å². The molecule has 7 heteroatoms. The third-order valence-corrected chi connectivity index (χ3v) is 4.16. The first kappa shape index (κ1) is 19.5. The van der Waals surface area contributed by atoms with Gasteiger partial charge in [0.25, 0.3) is 5.91 Å². The lowest BCUT2D eigenvalue weighted by Gasteiger charge is -2.12. The molecule has 1 aromatic heterocycles. The van der Waals surface area contributed by atoms with Crippen LogP contribution >= 0.6 is 11.3 Å². The van der Waals surface area contributed by atoms with Crippen LogP contribution in [0.4, 0.5) is 5.13 Å². The van der Waals surface area contributed by atoms with Crippen molar-refractivity contribution in [2.45, 2.75) is 20.3 Å². The number of aromatic nitrogens is 1. The number of rotatable bonds is 8. The van der Waals surface area contributed by atoms with Gasteiger partial charge in [0.05, 0.1) is 13.7 Å². The van der Waals surface area contributed by atoms with Crippen LogP contribution in [0.25, 0.3) is 6.08 Å². The molecule has 2 rings (SSSR count). The topological polar surface area (TPSA) is 84.2 Å². The van der Waals surface area contributed by atoms with E-state index in [0.717, 1.165) is 6.42 Å². The van der Waals surface area contributed by atoms with Crippen LogP contribution in [-0.2, 0) is 4.79 Å². The summed E-state index contributed by atoms with van der Waals surface area (Å²) in [6.45, 7) is 4.87. The number of amides is 1. The van der Waals surface area contributed by atoms with Gasteiger partial charge in [-0.2, -0.15) is 5.26 Å². The van der Waals surface area contributed by atoms with E-state index in [1.807, 2.05) is 6.07 Å². The number of anilines is 1. The molecule has 0 saturated carbocycles. The number of thiazole rings is 1. The van der Waals surface area contributed by atoms with Gasteiger partial charge in [-0.1, -0.05) is 19.9 Å². The highest BCUT2D eigenvalue weighted by atomic mass is 32.1. The van der Waals surface area contributed by atoms with Gasteiger partial charge in [0.2, 0.25) is 0 Å². The minimum absolute atomic E-state index is 0.0178. The van der Waals surface area contributed by atoms with Crippen LogP contribution in [0.15, 0.2) is 35.3 Å². The molecule has 0 bridgehead atoms. The maximum atomic E-state index is 12.2. The Morgan fingerprint density at radius 2 is 2.23 bits per heavy atom. The van der Waals surface area contributed by atoms with Crippen molar-refractivity contribution in [2.75, 3.05) is 19.0 Å². The standard InChI is InChI=1S/C19H21N3O3S/c1-13(2)6-8-25-16-5-4-14(11-17(16)24-3)10-15(12-20)18(23)22-19-21-7-9-26-19/h4-5,7,9-11,13H,6,8H2,1-3H3,(H,21,22,23). The highest BCUT2D eigenvalue weighted by Crippen LogP contribution is 2.29. The number of nitriles is 1. The number of nitrogens with one attached hydrogen (secondary N) is 1. The smallest absolute Gasteiger partial charge is 0.268 e. The zero-order valence-corrected chi connectivity index (χ0v) is 15.8. The first-order valence-electron chi connectivity index (χ1n) is 8.17. The van der Waals surface area contributed by atoms with E-state index in [4.69, 9.17) is 9.47 Å². The Morgan fingerprint density at radius 1 is 1.42 bits per heavy atom. The van der Waals surface area contributed by atoms with Crippen LogP contribution in [-0.4, -0.2) is 24.6 Å². The van der Waals surface area contributed by atoms with Crippen molar-refractivity contribution in [3.05, 3.63) is 40.9 Å². The Labute approximate surface area is 157 Å². The van der Waals surface area contributed by atoms with Crippen molar-refractivity contribution in [1.82, 2.24) is 4.98 Å². The van der Waals surface area contributed by atoms with Gasteiger partial charge in [-0.15, -0.1) is 11.3 Å². The predicted molar refractivity (Wildman–Crippen MR) is 102 cm³/mol. The summed E-state index contributed by atoms with van der Waals surface area (Å²) in [6, 6.07) is 7.21. The zero-order chi connectivity index (χ0) is 18.9. The molecular formula is C19H21N3O3S. The normalized spacial score (nSPS) is 11.1. The number of nitrogens with zero attached hydrogens (tertiary/aromatic N) is 2. The SMILES string of the molecule is COc1cc(C=C(C#N)C(=O)Nc2nccs2)ccc1OCCC(C)C. The molecule has 0 radical (unpaired) electrons. The van der Waals surface area contributed by atoms with Gasteiger partial charge in [-0.25, -0.2) is 4.98 Å². The molecule has 136 valence electrons. The number of benzene rings is 1. The van der Waals surface area contributed by atoms with Crippen molar-refractivity contribution < 1.29 is 14.3 Å². The molecule has 0 saturated heterocycles. The molecule has 1 N–H and O–H groups in total. The van der Waals surface area contributed by atoms with Crippen LogP contribution in [0, 0.1) is 17.2 Å². The van der Waals surface area contributed by atoms with Crippen LogP contribution < -0.4 is 14.8 Å². The average Bonchev–Trinajstić information content (AvgIpc) is 3.13. The number of methoxy groups -OCH3 is 1. The molecule has 2 aromatic rings. The van der Waals surface area contributed by atoms with Gasteiger partial charge in [0.15, 0.2) is 16.6 Å². The van der Waals surface area contributed by atoms with Gasteiger partial charge >= 0.3 is 0 Å². The molecule has 0 unspecified atom stereocenters. The molecule has 6 nitrogen and oxygen atoms in total. The van der Waals surface area contributed by atoms with Crippen molar-refractivity contribution >= 4 is 28.5 Å². The summed E-state index contributed by atoms with van der Waals surface area (Å²) >= 11 is 1.29. The van der Waals surface area contributed by atoms with Crippen molar-refractivity contribution in [3.8, 4) is 17.6 Å². The highest BCUT2D eigenvalue weighted by Gasteiger charge is 2.12. The van der Waals surface area contributed by atoms with Gasteiger partial charge in [-0.05, 0) is 36.1 Å². The van der Waals surface area contributed by atoms with E-state index >= 15 is 0 Å². The van der Waals surface area contributed by atoms with E-state index in [2.05, 4.69) is 24.1 Å². The molecule has 26 heavy (non-hydrogen) atoms. The average molecular weight is 371 g/mol. The number of carbonyl (C=O) groups is 1. The lowest BCUT2D eigenvalue weighted by atomic mass is 10.1. The molecule has 0 aliphatic carbocycles. The van der Waals surface area contributed by atoms with E-state index < -0.39 is 5.91 Å². The number of ether oxygens (including phenoxy) is 2. The molecule has 0 atom stereocenters. The molecule has 0 fully saturated rings. The summed E-state index contributed by atoms with van der Waals surface area (Å²) in [5.41, 5.74) is 0.652. The number of hydrogen-bond donors (Lipinski definition) is 1. The fraction of sp³-hybridized carbons (Fsp3) is 0.316. The lowest BCUT2D eigenvalue weighted by molar-refractivity contribution is -0.112. The first-order valence-corrected chi connectivity index (χ1v) is 9.05. The zero-order valence-electron chi connectivity index (χ0n) is 15.0. The second kappa shape index (κ2) is 9.59. The Hall–Kier alpha value is -2.85. The summed E-state index contributed by atoms with van der Waals surface area (Å²) < 4.78 is 11.1. The Balaban J connectivity index is 2.14. The molecule has 1 aromatic carbocycles. The minimum atomic E-state index is -0.501. The van der Waals surface area contributed by atoms with Crippen molar-refractivity contribution in [2.24, 2.45) is 5.92 Å². The van der Waals surface area contributed by atoms with Crippen molar-refractivity contribution in [3.63, 3.8) is 0 Å². The van der Waals surface area contributed by atoms with Gasteiger partial charge in [0.1, 0.15) is 11.6 Å². The Morgan fingerprint density at radius 3 is 2.85 bits per heavy atom. The molecule has 0 aliphatic rings. The maximum Gasteiger partial charge on any atom is 0.268 e. The molecule has 1 heterocycles. The van der Waals surface area contributed by atoms with Crippen molar-refractivity contribution in [1.29, 1.82) is 5.26 Å². The number of hydrogen-bond acceptors (Lipinski definition) is 6. The summed E-state index contributed by atoms with van der Waals surface area (Å²) in [6.07, 6.45) is 4.03. The summed E-state index contributed by atoms with van der Waals surface area (Å²) in [4.78, 5) is 16.2. The summed E-state index contributed by atoms with van der Waals surface area (Å²) in [5, 5.41) is 14.1. The van der Waals surface area contributed by atoms with E-state index in [1.165, 1.54) is 17.4 Å². The van der Waals surface area contributed by atoms with E-state index in [1.54, 1.807) is 36.9 Å². The van der Waals surface area contributed by atoms with Crippen LogP contribution in [0.2, 0.25) is 0 Å². The fourth-order valence-corrected chi connectivity index (χ4v) is 2.59. The third kappa shape index (κ3) is 5.60. The molecule has 0 aliphatic heterocycles. The third-order valence-electron chi connectivity index (χ3n) is 3.47. The quantitative estimate of drug-likeness (QED) is 0.557. The largest absolute Gasteiger partial charge is 0.493 e. The maximum absolute atomic E-state index is 12.2. The highest BCUT2D eigenvalue weighted by molar-refractivity contribution is 7.13. The molecule has 1 amide bonds. The van der Waals surface area contributed by atoms with E-state index in [0.29, 0.717) is 34.7 Å². The summed E-state index contributed by atoms with van der Waals surface area (Å²) in [5.74, 6) is 1.24. The van der Waals surface area contributed by atoms with Crippen LogP contribution in [0.1, 0.15) is 25.8 Å². The molecule has 0 spiro atoms. The van der Waals surface area contributed by atoms with E-state index in [-0.39, 0.29) is 5.57 Å². The second-order valence-corrected chi connectivity index (χ2v) is 6.80. The Kier molecular flexibility index (Phi) is 7.18. The van der Waals surface area contributed by atoms with E-state index in [9.17, 15) is 10.1 Å². The lowest BCUT2D eigenvalue weighted by Crippen LogP contribution is -2.13. The summed E-state index contributed by atoms with van der Waals surface area (Å²) in [7, 11) is 1.55. The van der Waals surface area contributed by atoms with Gasteiger partial charge < -0.3 is 9.47 Å². The van der Waals surface area contributed by atoms with Gasteiger partial charge in [-0.3, -0.25) is 10.1 Å². The molecular weight excluding hydrogens is 350 g/mol. The minimum Gasteiger partial charge on any atom is -0.493 e. The fourth-order valence-electron chi connectivity index (χ4n) is 2.06. The predicted octanol–water partition coefficient (Wildman–Crippen LogP) is 4.12. The second-order valence-electron chi connectivity index (χ2n) is 5.90.